The second-order valence-corrected chi connectivity index (χ2v) is 8.20. The molecular weight excluding hydrogens is 499 g/mol. The van der Waals surface area contributed by atoms with Gasteiger partial charge >= 0.3 is 0 Å². The molecule has 0 atom stereocenters. The molecule has 0 aliphatic carbocycles. The van der Waals surface area contributed by atoms with E-state index in [0.717, 1.165) is 16.7 Å². The number of benzene rings is 1. The van der Waals surface area contributed by atoms with Crippen LogP contribution < -0.4 is 4.74 Å². The Morgan fingerprint density at radius 1 is 1.36 bits per heavy atom. The predicted octanol–water partition coefficient (Wildman–Crippen LogP) is 2.29. The molecule has 0 radical (unpaired) electrons. The van der Waals surface area contributed by atoms with Gasteiger partial charge in [0.15, 0.2) is 11.5 Å². The molecule has 0 saturated carbocycles. The third kappa shape index (κ3) is 4.61. The Bertz CT molecular complexity index is 838. The van der Waals surface area contributed by atoms with Crippen molar-refractivity contribution >= 4 is 57.5 Å². The maximum atomic E-state index is 12.6. The van der Waals surface area contributed by atoms with Crippen LogP contribution in [0, 0.1) is 3.57 Å². The Hall–Kier alpha value is -1.79. The number of nitrogens with zero attached hydrogens (tertiary/aromatic N) is 2. The highest BCUT2D eigenvalue weighted by molar-refractivity contribution is 14.1. The second kappa shape index (κ2) is 9.14. The van der Waals surface area contributed by atoms with Gasteiger partial charge in [0, 0.05) is 13.1 Å². The van der Waals surface area contributed by atoms with Crippen LogP contribution in [-0.2, 0) is 14.3 Å². The molecule has 1 N–H and O–H groups in total. The van der Waals surface area contributed by atoms with Crippen LogP contribution in [0.25, 0.3) is 6.08 Å². The van der Waals surface area contributed by atoms with Crippen molar-refractivity contribution in [3.63, 3.8) is 0 Å². The number of imide groups is 1. The lowest BCUT2D eigenvalue weighted by Gasteiger charge is -2.28. The fourth-order valence-electron chi connectivity index (χ4n) is 2.78. The third-order valence-electron chi connectivity index (χ3n) is 4.18. The van der Waals surface area contributed by atoms with E-state index >= 15 is 0 Å². The average molecular weight is 518 g/mol. The van der Waals surface area contributed by atoms with E-state index in [1.54, 1.807) is 30.0 Å². The molecule has 2 heterocycles. The summed E-state index contributed by atoms with van der Waals surface area (Å²) in [6, 6.07) is 3.29. The number of hydrogen-bond acceptors (Lipinski definition) is 7. The van der Waals surface area contributed by atoms with Gasteiger partial charge in [-0.1, -0.05) is 0 Å². The van der Waals surface area contributed by atoms with Crippen LogP contribution in [0.1, 0.15) is 12.5 Å². The number of carbonyl (C=O) groups is 3. The molecule has 150 valence electrons. The quantitative estimate of drug-likeness (QED) is 0.472. The standard InChI is InChI=1S/C18H19IN2O6S/c1-2-27-13-8-11(7-12(19)16(13)23)9-14-17(24)21(18(25)28-14)10-15(22)20-3-5-26-6-4-20/h7-9,23H,2-6,10H2,1H3/b14-9-. The van der Waals surface area contributed by atoms with Gasteiger partial charge in [-0.2, -0.15) is 0 Å². The number of hydrogen-bond donors (Lipinski definition) is 1. The Morgan fingerprint density at radius 2 is 2.07 bits per heavy atom. The zero-order valence-corrected chi connectivity index (χ0v) is 18.1. The van der Waals surface area contributed by atoms with E-state index in [0.29, 0.717) is 47.8 Å². The van der Waals surface area contributed by atoms with Crippen LogP contribution in [0.3, 0.4) is 0 Å². The summed E-state index contributed by atoms with van der Waals surface area (Å²) in [6.07, 6.45) is 1.56. The lowest BCUT2D eigenvalue weighted by atomic mass is 10.2. The normalized spacial score (nSPS) is 18.9. The zero-order chi connectivity index (χ0) is 20.3. The first-order valence-corrected chi connectivity index (χ1v) is 10.6. The van der Waals surface area contributed by atoms with E-state index in [1.165, 1.54) is 0 Å². The summed E-state index contributed by atoms with van der Waals surface area (Å²) >= 11 is 2.76. The van der Waals surface area contributed by atoms with Gasteiger partial charge < -0.3 is 19.5 Å². The van der Waals surface area contributed by atoms with E-state index in [2.05, 4.69) is 0 Å². The van der Waals surface area contributed by atoms with Gasteiger partial charge in [0.05, 0.1) is 28.3 Å². The molecule has 2 saturated heterocycles. The third-order valence-corrected chi connectivity index (χ3v) is 5.91. The maximum absolute atomic E-state index is 12.6. The lowest BCUT2D eigenvalue weighted by molar-refractivity contribution is -0.139. The number of aromatic hydroxyl groups is 1. The minimum Gasteiger partial charge on any atom is -0.504 e. The van der Waals surface area contributed by atoms with E-state index < -0.39 is 11.1 Å². The number of phenols is 1. The van der Waals surface area contributed by atoms with E-state index in [1.807, 2.05) is 22.6 Å². The minimum absolute atomic E-state index is 0.0313. The van der Waals surface area contributed by atoms with Crippen molar-refractivity contribution in [1.82, 2.24) is 9.80 Å². The molecule has 2 fully saturated rings. The van der Waals surface area contributed by atoms with E-state index in [9.17, 15) is 19.5 Å². The van der Waals surface area contributed by atoms with Gasteiger partial charge in [-0.3, -0.25) is 19.3 Å². The number of ether oxygens (including phenoxy) is 2. The summed E-state index contributed by atoms with van der Waals surface area (Å²) in [5.74, 6) is -0.437. The highest BCUT2D eigenvalue weighted by atomic mass is 127. The molecule has 1 aromatic rings. The van der Waals surface area contributed by atoms with Crippen LogP contribution in [0.15, 0.2) is 17.0 Å². The summed E-state index contributed by atoms with van der Waals surface area (Å²) < 4.78 is 11.2. The van der Waals surface area contributed by atoms with E-state index in [-0.39, 0.29) is 23.1 Å². The Kier molecular flexibility index (Phi) is 6.83. The first-order chi connectivity index (χ1) is 13.4. The summed E-state index contributed by atoms with van der Waals surface area (Å²) in [4.78, 5) is 40.0. The van der Waals surface area contributed by atoms with Crippen molar-refractivity contribution in [2.75, 3.05) is 39.5 Å². The van der Waals surface area contributed by atoms with Gasteiger partial charge in [-0.25, -0.2) is 0 Å². The summed E-state index contributed by atoms with van der Waals surface area (Å²) in [5.41, 5.74) is 0.621. The monoisotopic (exact) mass is 518 g/mol. The smallest absolute Gasteiger partial charge is 0.294 e. The number of thioether (sulfide) groups is 1. The zero-order valence-electron chi connectivity index (χ0n) is 15.1. The number of amides is 3. The maximum Gasteiger partial charge on any atom is 0.294 e. The molecule has 0 spiro atoms. The topological polar surface area (TPSA) is 96.4 Å². The van der Waals surface area contributed by atoms with Gasteiger partial charge in [0.2, 0.25) is 5.91 Å². The fourth-order valence-corrected chi connectivity index (χ4v) is 4.24. The highest BCUT2D eigenvalue weighted by Gasteiger charge is 2.37. The Morgan fingerprint density at radius 3 is 2.75 bits per heavy atom. The SMILES string of the molecule is CCOc1cc(/C=C2\SC(=O)N(CC(=O)N3CCOCC3)C2=O)cc(I)c1O. The molecule has 10 heteroatoms. The minimum atomic E-state index is -0.502. The number of halogens is 1. The number of carbonyl (C=O) groups excluding carboxylic acids is 3. The first-order valence-electron chi connectivity index (χ1n) is 8.67. The number of rotatable bonds is 5. The molecule has 0 unspecified atom stereocenters. The Balaban J connectivity index is 1.76. The highest BCUT2D eigenvalue weighted by Crippen LogP contribution is 2.36. The number of morpholine rings is 1. The lowest BCUT2D eigenvalue weighted by Crippen LogP contribution is -2.46. The van der Waals surface area contributed by atoms with Crippen molar-refractivity contribution in [2.45, 2.75) is 6.92 Å². The van der Waals surface area contributed by atoms with Crippen LogP contribution in [0.2, 0.25) is 0 Å². The average Bonchev–Trinajstić information content (AvgIpc) is 2.94. The molecule has 0 aromatic heterocycles. The molecule has 0 bridgehead atoms. The predicted molar refractivity (Wildman–Crippen MR) is 112 cm³/mol. The van der Waals surface area contributed by atoms with Gasteiger partial charge in [-0.05, 0) is 65.0 Å². The largest absolute Gasteiger partial charge is 0.504 e. The first kappa shape index (κ1) is 20.9. The molecular formula is C18H19IN2O6S. The molecule has 28 heavy (non-hydrogen) atoms. The summed E-state index contributed by atoms with van der Waals surface area (Å²) in [5, 5.41) is 9.56. The molecule has 3 amide bonds. The van der Waals surface area contributed by atoms with Crippen molar-refractivity contribution < 1.29 is 29.0 Å². The number of phenolic OH excluding ortho intramolecular Hbond substituents is 1. The van der Waals surface area contributed by atoms with Crippen LogP contribution >= 0.6 is 34.4 Å². The fraction of sp³-hybridized carbons (Fsp3) is 0.389. The molecule has 2 aliphatic heterocycles. The van der Waals surface area contributed by atoms with Crippen LogP contribution in [-0.4, -0.2) is 71.4 Å². The molecule has 8 nitrogen and oxygen atoms in total. The molecule has 1 aromatic carbocycles. The molecule has 3 rings (SSSR count). The van der Waals surface area contributed by atoms with Gasteiger partial charge in [-0.15, -0.1) is 0 Å². The van der Waals surface area contributed by atoms with Crippen molar-refractivity contribution in [1.29, 1.82) is 0 Å². The van der Waals surface area contributed by atoms with E-state index in [4.69, 9.17) is 9.47 Å². The second-order valence-electron chi connectivity index (χ2n) is 6.04. The Labute approximate surface area is 180 Å². The van der Waals surface area contributed by atoms with Crippen molar-refractivity contribution in [3.05, 3.63) is 26.2 Å². The van der Waals surface area contributed by atoms with Gasteiger partial charge in [0.25, 0.3) is 11.1 Å². The van der Waals surface area contributed by atoms with Crippen molar-refractivity contribution in [2.24, 2.45) is 0 Å². The van der Waals surface area contributed by atoms with Crippen LogP contribution in [0.5, 0.6) is 11.5 Å². The summed E-state index contributed by atoms with van der Waals surface area (Å²) in [6.45, 7) is 3.72. The molecule has 2 aliphatic rings. The van der Waals surface area contributed by atoms with Gasteiger partial charge in [0.1, 0.15) is 6.54 Å². The van der Waals surface area contributed by atoms with Crippen LogP contribution in [0.4, 0.5) is 4.79 Å². The van der Waals surface area contributed by atoms with Crippen molar-refractivity contribution in [3.8, 4) is 11.5 Å². The summed E-state index contributed by atoms with van der Waals surface area (Å²) in [7, 11) is 0.